The van der Waals surface area contributed by atoms with Gasteiger partial charge in [-0.1, -0.05) is 12.1 Å². The summed E-state index contributed by atoms with van der Waals surface area (Å²) in [6, 6.07) is 12.4. The van der Waals surface area contributed by atoms with Crippen molar-refractivity contribution in [3.63, 3.8) is 0 Å². The Bertz CT molecular complexity index is 786. The van der Waals surface area contributed by atoms with Crippen molar-refractivity contribution >= 4 is 17.3 Å². The van der Waals surface area contributed by atoms with Crippen LogP contribution in [0, 0.1) is 0 Å². The summed E-state index contributed by atoms with van der Waals surface area (Å²) >= 11 is 0. The first-order valence-electron chi connectivity index (χ1n) is 8.94. The lowest BCUT2D eigenvalue weighted by molar-refractivity contribution is 0.0979. The van der Waals surface area contributed by atoms with Gasteiger partial charge in [0.2, 0.25) is 5.88 Å². The number of hydrogen-bond acceptors (Lipinski definition) is 4. The maximum absolute atomic E-state index is 13.2. The molecule has 0 saturated heterocycles. The highest BCUT2D eigenvalue weighted by atomic mass is 16.5. The van der Waals surface area contributed by atoms with E-state index in [-0.39, 0.29) is 12.0 Å². The van der Waals surface area contributed by atoms with Gasteiger partial charge in [-0.15, -0.1) is 0 Å². The highest BCUT2D eigenvalue weighted by molar-refractivity contribution is 6.09. The van der Waals surface area contributed by atoms with Gasteiger partial charge in [0.05, 0.1) is 17.5 Å². The summed E-state index contributed by atoms with van der Waals surface area (Å²) in [5.74, 6) is 0.358. The van der Waals surface area contributed by atoms with E-state index in [2.05, 4.69) is 16.0 Å². The van der Waals surface area contributed by atoms with Crippen LogP contribution < -0.4 is 14.5 Å². The topological polar surface area (TPSA) is 45.7 Å². The van der Waals surface area contributed by atoms with Crippen LogP contribution in [0.5, 0.6) is 5.88 Å². The van der Waals surface area contributed by atoms with E-state index in [9.17, 15) is 4.79 Å². The average Bonchev–Trinajstić information content (AvgIpc) is 3.45. The van der Waals surface area contributed by atoms with Crippen molar-refractivity contribution in [2.45, 2.75) is 38.8 Å². The Morgan fingerprint density at radius 1 is 1.12 bits per heavy atom. The van der Waals surface area contributed by atoms with Gasteiger partial charge in [0, 0.05) is 25.3 Å². The number of aromatic nitrogens is 1. The van der Waals surface area contributed by atoms with Crippen LogP contribution in [0.25, 0.3) is 0 Å². The number of hydrogen-bond donors (Lipinski definition) is 0. The number of ether oxygens (including phenoxy) is 1. The van der Waals surface area contributed by atoms with Crippen LogP contribution in [0.15, 0.2) is 42.6 Å². The van der Waals surface area contributed by atoms with Crippen molar-refractivity contribution < 1.29 is 9.53 Å². The molecule has 1 aromatic heterocycles. The van der Waals surface area contributed by atoms with E-state index in [1.54, 1.807) is 18.3 Å². The lowest BCUT2D eigenvalue weighted by Gasteiger charge is -2.38. The molecule has 0 unspecified atom stereocenters. The Morgan fingerprint density at radius 3 is 2.60 bits per heavy atom. The molecule has 5 nitrogen and oxygen atoms in total. The maximum atomic E-state index is 13.2. The van der Waals surface area contributed by atoms with Gasteiger partial charge in [0.1, 0.15) is 5.56 Å². The van der Waals surface area contributed by atoms with E-state index in [0.717, 1.165) is 17.9 Å². The van der Waals surface area contributed by atoms with Crippen LogP contribution in [0.2, 0.25) is 0 Å². The second kappa shape index (κ2) is 6.39. The van der Waals surface area contributed by atoms with E-state index in [4.69, 9.17) is 4.74 Å². The van der Waals surface area contributed by atoms with Crippen LogP contribution in [0.3, 0.4) is 0 Å². The molecule has 1 saturated carbocycles. The van der Waals surface area contributed by atoms with Crippen molar-refractivity contribution in [1.82, 2.24) is 4.98 Å². The van der Waals surface area contributed by atoms with Gasteiger partial charge >= 0.3 is 0 Å². The zero-order valence-corrected chi connectivity index (χ0v) is 14.7. The molecule has 0 spiro atoms. The number of benzene rings is 1. The third-order valence-electron chi connectivity index (χ3n) is 4.63. The molecule has 25 heavy (non-hydrogen) atoms. The molecule has 2 heterocycles. The summed E-state index contributed by atoms with van der Waals surface area (Å²) in [7, 11) is 0. The van der Waals surface area contributed by atoms with E-state index in [1.165, 1.54) is 12.8 Å². The number of rotatable bonds is 4. The number of nitrogens with zero attached hydrogens (tertiary/aromatic N) is 3. The summed E-state index contributed by atoms with van der Waals surface area (Å²) in [6.07, 6.45) is 4.13. The Labute approximate surface area is 148 Å². The second-order valence-corrected chi connectivity index (χ2v) is 6.89. The van der Waals surface area contributed by atoms with Gasteiger partial charge in [-0.05, 0) is 51.0 Å². The quantitative estimate of drug-likeness (QED) is 0.857. The molecular formula is C20H23N3O2. The molecule has 1 amide bonds. The Hall–Kier alpha value is -2.56. The number of pyridine rings is 1. The monoisotopic (exact) mass is 337 g/mol. The Morgan fingerprint density at radius 2 is 1.88 bits per heavy atom. The van der Waals surface area contributed by atoms with E-state index < -0.39 is 0 Å². The Kier molecular flexibility index (Phi) is 4.07. The number of carbonyl (C=O) groups is 1. The minimum Gasteiger partial charge on any atom is -0.474 e. The summed E-state index contributed by atoms with van der Waals surface area (Å²) in [5.41, 5.74) is 2.65. The fourth-order valence-corrected chi connectivity index (χ4v) is 3.38. The first-order valence-corrected chi connectivity index (χ1v) is 8.94. The largest absolute Gasteiger partial charge is 0.474 e. The van der Waals surface area contributed by atoms with E-state index in [1.807, 2.05) is 36.9 Å². The first kappa shape index (κ1) is 15.9. The number of anilines is 2. The molecular weight excluding hydrogens is 314 g/mol. The van der Waals surface area contributed by atoms with Gasteiger partial charge in [-0.3, -0.25) is 4.79 Å². The smallest absolute Gasteiger partial charge is 0.263 e. The molecule has 130 valence electrons. The van der Waals surface area contributed by atoms with Crippen molar-refractivity contribution in [3.05, 3.63) is 48.2 Å². The van der Waals surface area contributed by atoms with E-state index in [0.29, 0.717) is 24.0 Å². The molecule has 2 aliphatic rings. The average molecular weight is 337 g/mol. The number of amides is 1. The predicted molar refractivity (Wildman–Crippen MR) is 98.5 cm³/mol. The van der Waals surface area contributed by atoms with Gasteiger partial charge in [0.25, 0.3) is 5.91 Å². The summed E-state index contributed by atoms with van der Waals surface area (Å²) < 4.78 is 5.75. The third kappa shape index (κ3) is 3.06. The molecule has 1 aliphatic carbocycles. The van der Waals surface area contributed by atoms with Crippen LogP contribution in [0.4, 0.5) is 11.4 Å². The van der Waals surface area contributed by atoms with Crippen LogP contribution in [0.1, 0.15) is 37.0 Å². The van der Waals surface area contributed by atoms with Crippen molar-refractivity contribution in [1.29, 1.82) is 0 Å². The molecule has 4 rings (SSSR count). The van der Waals surface area contributed by atoms with E-state index >= 15 is 0 Å². The zero-order valence-electron chi connectivity index (χ0n) is 14.7. The summed E-state index contributed by atoms with van der Waals surface area (Å²) in [6.45, 7) is 5.43. The fraction of sp³-hybridized carbons (Fsp3) is 0.400. The second-order valence-electron chi connectivity index (χ2n) is 6.89. The minimum atomic E-state index is -0.0494. The normalized spacial score (nSPS) is 16.8. The Balaban J connectivity index is 1.68. The molecule has 1 aliphatic heterocycles. The lowest BCUT2D eigenvalue weighted by Crippen LogP contribution is -2.45. The van der Waals surface area contributed by atoms with Crippen molar-refractivity contribution in [3.8, 4) is 5.88 Å². The molecule has 0 bridgehead atoms. The number of carbonyl (C=O) groups excluding carboxylic acids is 1. The number of para-hydroxylation sites is 2. The first-order chi connectivity index (χ1) is 12.1. The van der Waals surface area contributed by atoms with Crippen molar-refractivity contribution in [2.75, 3.05) is 22.9 Å². The highest BCUT2D eigenvalue weighted by Gasteiger charge is 2.36. The summed E-state index contributed by atoms with van der Waals surface area (Å²) in [4.78, 5) is 21.8. The lowest BCUT2D eigenvalue weighted by atomic mass is 10.1. The van der Waals surface area contributed by atoms with Crippen LogP contribution in [-0.4, -0.2) is 36.1 Å². The standard InChI is InChI=1S/C20H23N3O2/c1-14(2)25-19-16(6-5-11-21-19)20(24)23-13-12-22(15-9-10-15)17-7-3-4-8-18(17)23/h3-8,11,14-15H,9-10,12-13H2,1-2H3. The molecule has 0 radical (unpaired) electrons. The zero-order chi connectivity index (χ0) is 17.4. The fourth-order valence-electron chi connectivity index (χ4n) is 3.38. The molecule has 1 fully saturated rings. The van der Waals surface area contributed by atoms with Gasteiger partial charge in [-0.2, -0.15) is 0 Å². The van der Waals surface area contributed by atoms with Gasteiger partial charge < -0.3 is 14.5 Å². The number of fused-ring (bicyclic) bond motifs is 1. The molecule has 0 atom stereocenters. The molecule has 5 heteroatoms. The SMILES string of the molecule is CC(C)Oc1ncccc1C(=O)N1CCN(C2CC2)c2ccccc21. The van der Waals surface area contributed by atoms with Crippen LogP contribution in [-0.2, 0) is 0 Å². The van der Waals surface area contributed by atoms with Crippen LogP contribution >= 0.6 is 0 Å². The maximum Gasteiger partial charge on any atom is 0.263 e. The highest BCUT2D eigenvalue weighted by Crippen LogP contribution is 2.40. The minimum absolute atomic E-state index is 0.0274. The molecule has 1 aromatic carbocycles. The third-order valence-corrected chi connectivity index (χ3v) is 4.63. The molecule has 2 aromatic rings. The molecule has 0 N–H and O–H groups in total. The van der Waals surface area contributed by atoms with Gasteiger partial charge in [0.15, 0.2) is 0 Å². The van der Waals surface area contributed by atoms with Crippen molar-refractivity contribution in [2.24, 2.45) is 0 Å². The predicted octanol–water partition coefficient (Wildman–Crippen LogP) is 3.50. The van der Waals surface area contributed by atoms with Gasteiger partial charge in [-0.25, -0.2) is 4.98 Å². The summed E-state index contributed by atoms with van der Waals surface area (Å²) in [5, 5.41) is 0.